The van der Waals surface area contributed by atoms with Gasteiger partial charge in [-0.25, -0.2) is 4.98 Å². The van der Waals surface area contributed by atoms with Gasteiger partial charge in [0.05, 0.1) is 16.8 Å². The van der Waals surface area contributed by atoms with E-state index in [9.17, 15) is 5.11 Å². The molecule has 2 heterocycles. The van der Waals surface area contributed by atoms with Gasteiger partial charge >= 0.3 is 0 Å². The lowest BCUT2D eigenvalue weighted by Crippen LogP contribution is -2.45. The van der Waals surface area contributed by atoms with E-state index in [1.54, 1.807) is 11.3 Å². The minimum absolute atomic E-state index is 0.245. The van der Waals surface area contributed by atoms with Crippen molar-refractivity contribution in [2.24, 2.45) is 0 Å². The molecule has 5 heteroatoms. The lowest BCUT2D eigenvalue weighted by Gasteiger charge is -2.33. The number of hydrogen-bond donors (Lipinski definition) is 2. The molecule has 1 aliphatic heterocycles. The average Bonchev–Trinajstić information content (AvgIpc) is 2.74. The molecule has 1 fully saturated rings. The first-order valence-electron chi connectivity index (χ1n) is 6.04. The first-order chi connectivity index (χ1) is 8.11. The molecule has 2 N–H and O–H groups in total. The molecular formula is C12H20N2O2S. The predicted octanol–water partition coefficient (Wildman–Crippen LogP) is 1.64. The van der Waals surface area contributed by atoms with Gasteiger partial charge in [0.2, 0.25) is 0 Å². The second kappa shape index (κ2) is 5.44. The van der Waals surface area contributed by atoms with Crippen LogP contribution in [0.5, 0.6) is 0 Å². The molecule has 1 aromatic heterocycles. The van der Waals surface area contributed by atoms with Gasteiger partial charge < -0.3 is 15.2 Å². The Hall–Kier alpha value is -0.490. The average molecular weight is 256 g/mol. The fraction of sp³-hybridized carbons (Fsp3) is 0.750. The van der Waals surface area contributed by atoms with Crippen LogP contribution in [0.25, 0.3) is 0 Å². The highest BCUT2D eigenvalue weighted by Gasteiger charge is 2.30. The number of hydrogen-bond acceptors (Lipinski definition) is 5. The van der Waals surface area contributed by atoms with Crippen LogP contribution in [0.3, 0.4) is 0 Å². The quantitative estimate of drug-likeness (QED) is 0.860. The van der Waals surface area contributed by atoms with Gasteiger partial charge in [-0.2, -0.15) is 0 Å². The van der Waals surface area contributed by atoms with Gasteiger partial charge in [0, 0.05) is 43.5 Å². The van der Waals surface area contributed by atoms with E-state index < -0.39 is 5.60 Å². The maximum Gasteiger partial charge on any atom is 0.0815 e. The van der Waals surface area contributed by atoms with Gasteiger partial charge in [-0.1, -0.05) is 0 Å². The molecule has 1 atom stereocenters. The number of nitrogens with one attached hydrogen (secondary N) is 1. The monoisotopic (exact) mass is 256 g/mol. The molecule has 17 heavy (non-hydrogen) atoms. The molecule has 0 aromatic carbocycles. The lowest BCUT2D eigenvalue weighted by molar-refractivity contribution is -0.0625. The summed E-state index contributed by atoms with van der Waals surface area (Å²) in [5.74, 6) is 0. The van der Waals surface area contributed by atoms with Crippen molar-refractivity contribution in [2.45, 2.75) is 38.3 Å². The van der Waals surface area contributed by atoms with Crippen LogP contribution in [-0.4, -0.2) is 35.5 Å². The molecule has 2 rings (SSSR count). The summed E-state index contributed by atoms with van der Waals surface area (Å²) in [4.78, 5) is 5.50. The largest absolute Gasteiger partial charge is 0.388 e. The maximum absolute atomic E-state index is 10.3. The van der Waals surface area contributed by atoms with E-state index in [0.717, 1.165) is 5.69 Å². The smallest absolute Gasteiger partial charge is 0.0815 e. The summed E-state index contributed by atoms with van der Waals surface area (Å²) in [6, 6.07) is 0.245. The van der Waals surface area contributed by atoms with Crippen LogP contribution in [-0.2, 0) is 4.74 Å². The molecule has 1 aromatic rings. The summed E-state index contributed by atoms with van der Waals surface area (Å²) in [5.41, 5.74) is 2.34. The molecule has 0 saturated carbocycles. The maximum atomic E-state index is 10.3. The molecule has 0 bridgehead atoms. The lowest BCUT2D eigenvalue weighted by atomic mass is 9.94. The molecule has 0 radical (unpaired) electrons. The number of nitrogens with zero attached hydrogens (tertiary/aromatic N) is 1. The zero-order valence-electron chi connectivity index (χ0n) is 10.4. The zero-order valence-corrected chi connectivity index (χ0v) is 11.2. The summed E-state index contributed by atoms with van der Waals surface area (Å²) in [5, 5.41) is 13.7. The van der Waals surface area contributed by atoms with E-state index in [4.69, 9.17) is 4.74 Å². The summed E-state index contributed by atoms with van der Waals surface area (Å²) in [7, 11) is 0. The Balaban J connectivity index is 1.87. The van der Waals surface area contributed by atoms with Crippen LogP contribution in [0.2, 0.25) is 0 Å². The van der Waals surface area contributed by atoms with Gasteiger partial charge in [-0.05, 0) is 13.8 Å². The highest BCUT2D eigenvalue weighted by atomic mass is 32.1. The van der Waals surface area contributed by atoms with E-state index in [1.807, 2.05) is 12.4 Å². The number of aryl methyl sites for hydroxylation is 1. The standard InChI is InChI=1S/C12H20N2O2S/c1-9(11-10(2)14-8-17-11)13-7-12(15)3-5-16-6-4-12/h8-9,13,15H,3-7H2,1-2H3. The molecule has 0 spiro atoms. The number of ether oxygens (including phenoxy) is 1. The third-order valence-electron chi connectivity index (χ3n) is 3.34. The summed E-state index contributed by atoms with van der Waals surface area (Å²) < 4.78 is 5.27. The number of aliphatic hydroxyl groups is 1. The van der Waals surface area contributed by atoms with Crippen molar-refractivity contribution in [2.75, 3.05) is 19.8 Å². The van der Waals surface area contributed by atoms with E-state index in [1.165, 1.54) is 4.88 Å². The highest BCUT2D eigenvalue weighted by molar-refractivity contribution is 7.09. The topological polar surface area (TPSA) is 54.4 Å². The summed E-state index contributed by atoms with van der Waals surface area (Å²) >= 11 is 1.66. The Bertz CT molecular complexity index is 361. The molecule has 0 amide bonds. The molecule has 1 unspecified atom stereocenters. The number of rotatable bonds is 4. The van der Waals surface area contributed by atoms with Crippen molar-refractivity contribution in [3.63, 3.8) is 0 Å². The van der Waals surface area contributed by atoms with Gasteiger partial charge in [0.25, 0.3) is 0 Å². The molecule has 0 aliphatic carbocycles. The Morgan fingerprint density at radius 1 is 1.59 bits per heavy atom. The first kappa shape index (κ1) is 13.0. The van der Waals surface area contributed by atoms with Crippen LogP contribution in [0.1, 0.15) is 36.4 Å². The normalized spacial score (nSPS) is 21.4. The zero-order chi connectivity index (χ0) is 12.3. The SMILES string of the molecule is Cc1ncsc1C(C)NCC1(O)CCOCC1. The minimum atomic E-state index is -0.606. The van der Waals surface area contributed by atoms with Gasteiger partial charge in [0.1, 0.15) is 0 Å². The Labute approximate surface area is 106 Å². The van der Waals surface area contributed by atoms with Gasteiger partial charge in [-0.15, -0.1) is 11.3 Å². The van der Waals surface area contributed by atoms with E-state index in [0.29, 0.717) is 32.6 Å². The predicted molar refractivity (Wildman–Crippen MR) is 68.3 cm³/mol. The Kier molecular flexibility index (Phi) is 4.14. The van der Waals surface area contributed by atoms with Crippen molar-refractivity contribution >= 4 is 11.3 Å². The van der Waals surface area contributed by atoms with Crippen LogP contribution >= 0.6 is 11.3 Å². The van der Waals surface area contributed by atoms with Crippen LogP contribution in [0.15, 0.2) is 5.51 Å². The van der Waals surface area contributed by atoms with Crippen molar-refractivity contribution in [1.29, 1.82) is 0 Å². The fourth-order valence-electron chi connectivity index (χ4n) is 2.09. The van der Waals surface area contributed by atoms with Gasteiger partial charge in [-0.3, -0.25) is 0 Å². The molecule has 1 saturated heterocycles. The second-order valence-electron chi connectivity index (χ2n) is 4.74. The van der Waals surface area contributed by atoms with Crippen LogP contribution in [0.4, 0.5) is 0 Å². The van der Waals surface area contributed by atoms with E-state index in [2.05, 4.69) is 17.2 Å². The molecular weight excluding hydrogens is 236 g/mol. The number of aromatic nitrogens is 1. The van der Waals surface area contributed by atoms with Crippen LogP contribution < -0.4 is 5.32 Å². The first-order valence-corrected chi connectivity index (χ1v) is 6.92. The number of thiazole rings is 1. The fourth-order valence-corrected chi connectivity index (χ4v) is 2.93. The Morgan fingerprint density at radius 2 is 2.29 bits per heavy atom. The van der Waals surface area contributed by atoms with Crippen LogP contribution in [0, 0.1) is 6.92 Å². The van der Waals surface area contributed by atoms with Crippen molar-refractivity contribution in [3.8, 4) is 0 Å². The Morgan fingerprint density at radius 3 is 2.88 bits per heavy atom. The van der Waals surface area contributed by atoms with E-state index in [-0.39, 0.29) is 6.04 Å². The van der Waals surface area contributed by atoms with Crippen molar-refractivity contribution < 1.29 is 9.84 Å². The molecule has 1 aliphatic rings. The van der Waals surface area contributed by atoms with Crippen molar-refractivity contribution in [3.05, 3.63) is 16.1 Å². The molecule has 96 valence electrons. The van der Waals surface area contributed by atoms with Gasteiger partial charge in [0.15, 0.2) is 0 Å². The third-order valence-corrected chi connectivity index (χ3v) is 4.45. The second-order valence-corrected chi connectivity index (χ2v) is 5.63. The highest BCUT2D eigenvalue weighted by Crippen LogP contribution is 2.24. The molecule has 4 nitrogen and oxygen atoms in total. The third kappa shape index (κ3) is 3.25. The minimum Gasteiger partial charge on any atom is -0.388 e. The summed E-state index contributed by atoms with van der Waals surface area (Å²) in [6.07, 6.45) is 1.43. The van der Waals surface area contributed by atoms with E-state index >= 15 is 0 Å². The summed E-state index contributed by atoms with van der Waals surface area (Å²) in [6.45, 7) is 6.07. The van der Waals surface area contributed by atoms with Crippen molar-refractivity contribution in [1.82, 2.24) is 10.3 Å².